The van der Waals surface area contributed by atoms with E-state index in [4.69, 9.17) is 0 Å². The first kappa shape index (κ1) is 13.0. The zero-order valence-electron chi connectivity index (χ0n) is 9.67. The van der Waals surface area contributed by atoms with Crippen LogP contribution < -0.4 is 5.32 Å². The van der Waals surface area contributed by atoms with Crippen LogP contribution >= 0.6 is 15.9 Å². The van der Waals surface area contributed by atoms with E-state index < -0.39 is 11.6 Å². The highest BCUT2D eigenvalue weighted by Gasteiger charge is 2.08. The zero-order valence-corrected chi connectivity index (χ0v) is 11.3. The minimum atomic E-state index is -0.615. The van der Waals surface area contributed by atoms with Crippen molar-refractivity contribution >= 4 is 21.6 Å². The van der Waals surface area contributed by atoms with E-state index in [0.29, 0.717) is 6.54 Å². The van der Waals surface area contributed by atoms with Crippen LogP contribution in [0.2, 0.25) is 0 Å². The summed E-state index contributed by atoms with van der Waals surface area (Å²) in [6.45, 7) is 2.39. The smallest absolute Gasteiger partial charge is 0.149 e. The molecule has 0 radical (unpaired) electrons. The molecule has 0 fully saturated rings. The molecule has 0 spiro atoms. The second-order valence-corrected chi connectivity index (χ2v) is 4.76. The Balaban J connectivity index is 2.16. The third-order valence-corrected chi connectivity index (χ3v) is 3.23. The quantitative estimate of drug-likeness (QED) is 0.865. The van der Waals surface area contributed by atoms with Gasteiger partial charge in [-0.2, -0.15) is 0 Å². The Hall–Kier alpha value is -1.49. The minimum Gasteiger partial charge on any atom is -0.378 e. The van der Waals surface area contributed by atoms with Crippen LogP contribution in [0.5, 0.6) is 0 Å². The Bertz CT molecular complexity index is 573. The molecule has 5 heteroatoms. The maximum atomic E-state index is 13.5. The van der Waals surface area contributed by atoms with Gasteiger partial charge >= 0.3 is 0 Å². The number of pyridine rings is 1. The van der Waals surface area contributed by atoms with Crippen LogP contribution in [0.4, 0.5) is 14.5 Å². The van der Waals surface area contributed by atoms with Crippen LogP contribution in [0.15, 0.2) is 35.1 Å². The Morgan fingerprint density at radius 1 is 1.28 bits per heavy atom. The molecule has 0 saturated carbocycles. The number of nitrogens with one attached hydrogen (secondary N) is 1. The van der Waals surface area contributed by atoms with E-state index in [1.165, 1.54) is 6.07 Å². The summed E-state index contributed by atoms with van der Waals surface area (Å²) in [6, 6.07) is 4.12. The van der Waals surface area contributed by atoms with Crippen molar-refractivity contribution < 1.29 is 8.78 Å². The van der Waals surface area contributed by atoms with Crippen LogP contribution in [0.25, 0.3) is 0 Å². The van der Waals surface area contributed by atoms with Crippen LogP contribution in [-0.4, -0.2) is 4.98 Å². The Labute approximate surface area is 112 Å². The van der Waals surface area contributed by atoms with Gasteiger partial charge in [-0.25, -0.2) is 8.78 Å². The summed E-state index contributed by atoms with van der Waals surface area (Å²) in [7, 11) is 0. The second kappa shape index (κ2) is 5.44. The van der Waals surface area contributed by atoms with E-state index in [2.05, 4.69) is 26.2 Å². The summed E-state index contributed by atoms with van der Waals surface area (Å²) in [5.41, 5.74) is 2.29. The van der Waals surface area contributed by atoms with E-state index in [1.54, 1.807) is 12.4 Å². The van der Waals surface area contributed by atoms with Crippen molar-refractivity contribution in [1.29, 1.82) is 0 Å². The first-order valence-corrected chi connectivity index (χ1v) is 6.15. The molecular formula is C13H11BrF2N2. The summed E-state index contributed by atoms with van der Waals surface area (Å²) in [6.07, 6.45) is 3.42. The summed E-state index contributed by atoms with van der Waals surface area (Å²) < 4.78 is 26.8. The highest BCUT2D eigenvalue weighted by Crippen LogP contribution is 2.24. The molecule has 18 heavy (non-hydrogen) atoms. The van der Waals surface area contributed by atoms with Gasteiger partial charge in [0, 0.05) is 25.0 Å². The van der Waals surface area contributed by atoms with Crippen LogP contribution in [0.1, 0.15) is 11.1 Å². The second-order valence-electron chi connectivity index (χ2n) is 3.90. The van der Waals surface area contributed by atoms with Gasteiger partial charge in [-0.1, -0.05) is 0 Å². The number of aryl methyl sites for hydroxylation is 1. The van der Waals surface area contributed by atoms with Gasteiger partial charge < -0.3 is 5.32 Å². The summed E-state index contributed by atoms with van der Waals surface area (Å²) in [5, 5.41) is 2.93. The maximum Gasteiger partial charge on any atom is 0.149 e. The number of hydrogen-bond acceptors (Lipinski definition) is 2. The minimum absolute atomic E-state index is 0.231. The molecule has 0 unspecified atom stereocenters. The molecule has 0 amide bonds. The van der Waals surface area contributed by atoms with Gasteiger partial charge in [0.15, 0.2) is 0 Å². The number of anilines is 1. The average molecular weight is 313 g/mol. The highest BCUT2D eigenvalue weighted by molar-refractivity contribution is 9.10. The molecule has 0 atom stereocenters. The summed E-state index contributed by atoms with van der Waals surface area (Å²) in [4.78, 5) is 4.01. The molecule has 2 rings (SSSR count). The molecule has 2 nitrogen and oxygen atoms in total. The van der Waals surface area contributed by atoms with Crippen molar-refractivity contribution in [3.63, 3.8) is 0 Å². The third-order valence-electron chi connectivity index (χ3n) is 2.63. The third kappa shape index (κ3) is 2.85. The molecule has 0 bridgehead atoms. The van der Waals surface area contributed by atoms with Crippen LogP contribution in [0.3, 0.4) is 0 Å². The fourth-order valence-corrected chi connectivity index (χ4v) is 1.87. The largest absolute Gasteiger partial charge is 0.378 e. The molecule has 1 aromatic carbocycles. The first-order valence-electron chi connectivity index (χ1n) is 5.36. The average Bonchev–Trinajstić information content (AvgIpc) is 2.34. The van der Waals surface area contributed by atoms with E-state index in [-0.39, 0.29) is 10.2 Å². The van der Waals surface area contributed by atoms with E-state index in [9.17, 15) is 8.78 Å². The van der Waals surface area contributed by atoms with Crippen molar-refractivity contribution in [2.75, 3.05) is 5.32 Å². The fourth-order valence-electron chi connectivity index (χ4n) is 1.53. The lowest BCUT2D eigenvalue weighted by molar-refractivity contribution is 0.580. The van der Waals surface area contributed by atoms with Crippen LogP contribution in [-0.2, 0) is 6.54 Å². The lowest BCUT2D eigenvalue weighted by Crippen LogP contribution is -2.04. The topological polar surface area (TPSA) is 24.9 Å². The maximum absolute atomic E-state index is 13.5. The standard InChI is InChI=1S/C13H11BrF2N2/c1-8-2-3-17-6-9(8)7-18-13-4-10(14)11(15)5-12(13)16/h2-6,18H,7H2,1H3. The summed E-state index contributed by atoms with van der Waals surface area (Å²) in [5.74, 6) is -1.23. The van der Waals surface area contributed by atoms with Gasteiger partial charge in [0.25, 0.3) is 0 Å². The molecule has 2 aromatic rings. The number of nitrogens with zero attached hydrogens (tertiary/aromatic N) is 1. The number of hydrogen-bond donors (Lipinski definition) is 1. The van der Waals surface area contributed by atoms with E-state index in [0.717, 1.165) is 17.2 Å². The van der Waals surface area contributed by atoms with Gasteiger partial charge in [-0.3, -0.25) is 4.98 Å². The Morgan fingerprint density at radius 2 is 2.06 bits per heavy atom. The van der Waals surface area contributed by atoms with Gasteiger partial charge in [0.05, 0.1) is 10.2 Å². The molecule has 0 aliphatic carbocycles. The Morgan fingerprint density at radius 3 is 2.78 bits per heavy atom. The van der Waals surface area contributed by atoms with E-state index >= 15 is 0 Å². The normalized spacial score (nSPS) is 10.4. The predicted octanol–water partition coefficient (Wildman–Crippen LogP) is 4.04. The molecule has 94 valence electrons. The Kier molecular flexibility index (Phi) is 3.91. The lowest BCUT2D eigenvalue weighted by atomic mass is 10.1. The first-order chi connectivity index (χ1) is 8.58. The molecule has 1 N–H and O–H groups in total. The van der Waals surface area contributed by atoms with Gasteiger partial charge in [-0.15, -0.1) is 0 Å². The van der Waals surface area contributed by atoms with E-state index in [1.807, 2.05) is 13.0 Å². The number of aromatic nitrogens is 1. The van der Waals surface area contributed by atoms with Crippen LogP contribution in [0, 0.1) is 18.6 Å². The molecule has 0 aliphatic heterocycles. The lowest BCUT2D eigenvalue weighted by Gasteiger charge is -2.10. The van der Waals surface area contributed by atoms with Crippen molar-refractivity contribution in [3.05, 3.63) is 57.8 Å². The molecule has 0 saturated heterocycles. The number of benzene rings is 1. The van der Waals surface area contributed by atoms with Gasteiger partial charge in [-0.05, 0) is 46.1 Å². The monoisotopic (exact) mass is 312 g/mol. The molecular weight excluding hydrogens is 302 g/mol. The highest BCUT2D eigenvalue weighted by atomic mass is 79.9. The van der Waals surface area contributed by atoms with Crippen molar-refractivity contribution in [3.8, 4) is 0 Å². The zero-order chi connectivity index (χ0) is 13.1. The number of rotatable bonds is 3. The number of halogens is 3. The molecule has 1 aromatic heterocycles. The van der Waals surface area contributed by atoms with Crippen molar-refractivity contribution in [1.82, 2.24) is 4.98 Å². The van der Waals surface area contributed by atoms with Gasteiger partial charge in [0.2, 0.25) is 0 Å². The van der Waals surface area contributed by atoms with Gasteiger partial charge in [0.1, 0.15) is 11.6 Å². The molecule has 0 aliphatic rings. The van der Waals surface area contributed by atoms with Crippen molar-refractivity contribution in [2.45, 2.75) is 13.5 Å². The predicted molar refractivity (Wildman–Crippen MR) is 70.4 cm³/mol. The fraction of sp³-hybridized carbons (Fsp3) is 0.154. The summed E-state index contributed by atoms with van der Waals surface area (Å²) >= 11 is 3.03. The molecule has 1 heterocycles. The SMILES string of the molecule is Cc1ccncc1CNc1cc(Br)c(F)cc1F. The van der Waals surface area contributed by atoms with Crippen molar-refractivity contribution in [2.24, 2.45) is 0 Å².